The number of rotatable bonds is 3. The quantitative estimate of drug-likeness (QED) is 0.756. The van der Waals surface area contributed by atoms with Crippen LogP contribution in [0, 0.1) is 24.7 Å². The third kappa shape index (κ3) is 3.55. The van der Waals surface area contributed by atoms with Crippen molar-refractivity contribution in [2.24, 2.45) is 17.8 Å². The molecule has 2 aliphatic heterocycles. The summed E-state index contributed by atoms with van der Waals surface area (Å²) in [5, 5.41) is 0. The second-order valence-corrected chi connectivity index (χ2v) is 8.57. The highest BCUT2D eigenvalue weighted by molar-refractivity contribution is 5.35. The average molecular weight is 328 g/mol. The lowest BCUT2D eigenvalue weighted by Gasteiger charge is -2.41. The van der Waals surface area contributed by atoms with Gasteiger partial charge in [0, 0.05) is 6.61 Å². The minimum atomic E-state index is 0.359. The fourth-order valence-electron chi connectivity index (χ4n) is 4.97. The summed E-state index contributed by atoms with van der Waals surface area (Å²) in [6.07, 6.45) is 9.86. The topological polar surface area (TPSA) is 18.5 Å². The molecule has 2 saturated heterocycles. The first-order chi connectivity index (χ1) is 11.7. The molecule has 0 aromatic heterocycles. The maximum absolute atomic E-state index is 6.38. The van der Waals surface area contributed by atoms with E-state index in [1.165, 1.54) is 61.6 Å². The Balaban J connectivity index is 1.31. The molecular formula is C22H32O2. The molecule has 5 atom stereocenters. The molecule has 2 heteroatoms. The molecule has 5 unspecified atom stereocenters. The van der Waals surface area contributed by atoms with E-state index in [0.717, 1.165) is 31.0 Å². The normalized spacial score (nSPS) is 36.0. The Labute approximate surface area is 146 Å². The second kappa shape index (κ2) is 7.17. The summed E-state index contributed by atoms with van der Waals surface area (Å²) in [5.41, 5.74) is 4.38. The summed E-state index contributed by atoms with van der Waals surface area (Å²) >= 11 is 0. The van der Waals surface area contributed by atoms with Crippen molar-refractivity contribution in [3.8, 4) is 0 Å². The maximum Gasteiger partial charge on any atom is 0.0856 e. The van der Waals surface area contributed by atoms with E-state index in [4.69, 9.17) is 9.47 Å². The first-order valence-corrected chi connectivity index (χ1v) is 10.0. The molecular weight excluding hydrogens is 296 g/mol. The second-order valence-electron chi connectivity index (χ2n) is 8.57. The van der Waals surface area contributed by atoms with E-state index in [2.05, 4.69) is 32.0 Å². The van der Waals surface area contributed by atoms with Crippen molar-refractivity contribution in [1.29, 1.82) is 0 Å². The molecule has 0 N–H and O–H groups in total. The van der Waals surface area contributed by atoms with Crippen LogP contribution in [0.4, 0.5) is 0 Å². The molecule has 2 nitrogen and oxygen atoms in total. The summed E-state index contributed by atoms with van der Waals surface area (Å²) in [6.45, 7) is 6.40. The summed E-state index contributed by atoms with van der Waals surface area (Å²) in [6, 6.07) is 6.93. The summed E-state index contributed by atoms with van der Waals surface area (Å²) in [5.74, 6) is 2.22. The number of benzene rings is 1. The van der Waals surface area contributed by atoms with Crippen LogP contribution in [0.1, 0.15) is 68.2 Å². The van der Waals surface area contributed by atoms with Crippen LogP contribution in [-0.2, 0) is 15.9 Å². The smallest absolute Gasteiger partial charge is 0.0856 e. The lowest BCUT2D eigenvalue weighted by atomic mass is 9.74. The van der Waals surface area contributed by atoms with Crippen LogP contribution in [0.25, 0.3) is 0 Å². The van der Waals surface area contributed by atoms with E-state index in [-0.39, 0.29) is 0 Å². The molecule has 0 amide bonds. The third-order valence-corrected chi connectivity index (χ3v) is 6.46. The Bertz CT molecular complexity index is 559. The summed E-state index contributed by atoms with van der Waals surface area (Å²) < 4.78 is 12.4. The highest BCUT2D eigenvalue weighted by Gasteiger charge is 2.36. The molecule has 2 fully saturated rings. The van der Waals surface area contributed by atoms with E-state index < -0.39 is 0 Å². The SMILES string of the molecule is Cc1ccc2c(c1)CCC1CC(CCC3CCC(C)CO3)COC21. The minimum absolute atomic E-state index is 0.359. The monoisotopic (exact) mass is 328 g/mol. The molecule has 0 radical (unpaired) electrons. The van der Waals surface area contributed by atoms with Gasteiger partial charge in [0.25, 0.3) is 0 Å². The van der Waals surface area contributed by atoms with Gasteiger partial charge in [-0.25, -0.2) is 0 Å². The van der Waals surface area contributed by atoms with Crippen LogP contribution in [0.3, 0.4) is 0 Å². The van der Waals surface area contributed by atoms with Crippen molar-refractivity contribution in [1.82, 2.24) is 0 Å². The molecule has 0 spiro atoms. The number of aryl methyl sites for hydroxylation is 2. The lowest BCUT2D eigenvalue weighted by molar-refractivity contribution is -0.0739. The first kappa shape index (κ1) is 16.6. The van der Waals surface area contributed by atoms with Gasteiger partial charge >= 0.3 is 0 Å². The standard InChI is InChI=1S/C22H32O2/c1-15-4-10-21-18(11-15)6-7-19-12-17(14-24-22(19)21)5-9-20-8-3-16(2)13-23-20/h4,10-11,16-17,19-20,22H,3,5-9,12-14H2,1-2H3. The maximum atomic E-state index is 6.38. The highest BCUT2D eigenvalue weighted by Crippen LogP contribution is 2.44. The molecule has 0 saturated carbocycles. The first-order valence-electron chi connectivity index (χ1n) is 10.0. The molecule has 1 aliphatic carbocycles. The average Bonchev–Trinajstić information content (AvgIpc) is 2.60. The largest absolute Gasteiger partial charge is 0.378 e. The zero-order chi connectivity index (χ0) is 16.5. The van der Waals surface area contributed by atoms with Gasteiger partial charge in [-0.05, 0) is 80.8 Å². The van der Waals surface area contributed by atoms with Gasteiger partial charge in [-0.1, -0.05) is 30.7 Å². The Morgan fingerprint density at radius 2 is 1.96 bits per heavy atom. The molecule has 4 rings (SSSR count). The number of fused-ring (bicyclic) bond motifs is 3. The van der Waals surface area contributed by atoms with Crippen LogP contribution in [0.2, 0.25) is 0 Å². The highest BCUT2D eigenvalue weighted by atomic mass is 16.5. The van der Waals surface area contributed by atoms with Crippen LogP contribution in [-0.4, -0.2) is 19.3 Å². The predicted molar refractivity (Wildman–Crippen MR) is 97.2 cm³/mol. The van der Waals surface area contributed by atoms with Gasteiger partial charge in [0.15, 0.2) is 0 Å². The van der Waals surface area contributed by atoms with Gasteiger partial charge in [0.05, 0.1) is 18.8 Å². The zero-order valence-corrected chi connectivity index (χ0v) is 15.3. The molecule has 1 aromatic carbocycles. The Morgan fingerprint density at radius 3 is 2.79 bits per heavy atom. The van der Waals surface area contributed by atoms with Crippen LogP contribution >= 0.6 is 0 Å². The van der Waals surface area contributed by atoms with E-state index in [0.29, 0.717) is 12.2 Å². The van der Waals surface area contributed by atoms with Gasteiger partial charge < -0.3 is 9.47 Å². The van der Waals surface area contributed by atoms with Crippen molar-refractivity contribution in [2.45, 2.75) is 71.0 Å². The Morgan fingerprint density at radius 1 is 1.04 bits per heavy atom. The van der Waals surface area contributed by atoms with Crippen molar-refractivity contribution in [3.63, 3.8) is 0 Å². The van der Waals surface area contributed by atoms with Crippen LogP contribution in [0.5, 0.6) is 0 Å². The third-order valence-electron chi connectivity index (χ3n) is 6.46. The Hall–Kier alpha value is -0.860. The van der Waals surface area contributed by atoms with E-state index in [9.17, 15) is 0 Å². The molecule has 24 heavy (non-hydrogen) atoms. The van der Waals surface area contributed by atoms with E-state index in [1.54, 1.807) is 0 Å². The van der Waals surface area contributed by atoms with Gasteiger partial charge in [0.1, 0.15) is 0 Å². The van der Waals surface area contributed by atoms with E-state index in [1.807, 2.05) is 0 Å². The minimum Gasteiger partial charge on any atom is -0.378 e. The fourth-order valence-corrected chi connectivity index (χ4v) is 4.97. The summed E-state index contributed by atoms with van der Waals surface area (Å²) in [7, 11) is 0. The van der Waals surface area contributed by atoms with Gasteiger partial charge in [-0.2, -0.15) is 0 Å². The van der Waals surface area contributed by atoms with Gasteiger partial charge in [-0.15, -0.1) is 0 Å². The molecule has 132 valence electrons. The number of ether oxygens (including phenoxy) is 2. The van der Waals surface area contributed by atoms with Crippen molar-refractivity contribution in [2.75, 3.05) is 13.2 Å². The van der Waals surface area contributed by atoms with Crippen molar-refractivity contribution >= 4 is 0 Å². The predicted octanol–water partition coefficient (Wildman–Crippen LogP) is 5.23. The number of hydrogen-bond donors (Lipinski definition) is 0. The van der Waals surface area contributed by atoms with Crippen LogP contribution in [0.15, 0.2) is 18.2 Å². The van der Waals surface area contributed by atoms with Crippen molar-refractivity contribution < 1.29 is 9.47 Å². The van der Waals surface area contributed by atoms with Crippen LogP contribution < -0.4 is 0 Å². The van der Waals surface area contributed by atoms with Crippen molar-refractivity contribution in [3.05, 3.63) is 34.9 Å². The molecule has 2 heterocycles. The van der Waals surface area contributed by atoms with Gasteiger partial charge in [0.2, 0.25) is 0 Å². The van der Waals surface area contributed by atoms with E-state index >= 15 is 0 Å². The number of hydrogen-bond acceptors (Lipinski definition) is 2. The molecule has 1 aromatic rings. The molecule has 0 bridgehead atoms. The van der Waals surface area contributed by atoms with Gasteiger partial charge in [-0.3, -0.25) is 0 Å². The summed E-state index contributed by atoms with van der Waals surface area (Å²) in [4.78, 5) is 0. The fraction of sp³-hybridized carbons (Fsp3) is 0.727. The Kier molecular flexibility index (Phi) is 4.96. The lowest BCUT2D eigenvalue weighted by Crippen LogP contribution is -2.33. The zero-order valence-electron chi connectivity index (χ0n) is 15.3. The molecule has 3 aliphatic rings.